The van der Waals surface area contributed by atoms with E-state index in [1.807, 2.05) is 0 Å². The normalized spacial score (nSPS) is 10.9. The Labute approximate surface area is 416 Å². The zero-order valence-electron chi connectivity index (χ0n) is 42.2. The van der Waals surface area contributed by atoms with Crippen LogP contribution in [-0.2, 0) is 19.1 Å². The molecule has 0 aromatic heterocycles. The van der Waals surface area contributed by atoms with Crippen LogP contribution in [0.25, 0.3) is 0 Å². The van der Waals surface area contributed by atoms with E-state index in [1.54, 1.807) is 38.1 Å². The van der Waals surface area contributed by atoms with Gasteiger partial charge in [0.05, 0.1) is 37.6 Å². The summed E-state index contributed by atoms with van der Waals surface area (Å²) in [7, 11) is 0. The van der Waals surface area contributed by atoms with Crippen molar-refractivity contribution in [1.29, 1.82) is 0 Å². The minimum absolute atomic E-state index is 0.129. The number of carbonyl (C=O) groups is 4. The number of benzene rings is 3. The second kappa shape index (κ2) is 36.4. The summed E-state index contributed by atoms with van der Waals surface area (Å²) in [6, 6.07) is 13.9. The molecule has 0 amide bonds. The predicted molar refractivity (Wildman–Crippen MR) is 272 cm³/mol. The lowest BCUT2D eigenvalue weighted by Crippen LogP contribution is -2.12. The van der Waals surface area contributed by atoms with E-state index < -0.39 is 35.1 Å². The van der Waals surface area contributed by atoms with Gasteiger partial charge in [-0.2, -0.15) is 0 Å². The van der Waals surface area contributed by atoms with Crippen molar-refractivity contribution in [2.45, 2.75) is 181 Å². The standard InChI is InChI=1S/C58H80F2O10/c1-45(2)55(61)67-41-29-25-21-17-13-9-5-7-11-15-19-23-27-39-65-49-35-31-47(32-36-49)57(63)69-53-43-52(60)54(44-51(53)59)70-58(64)48-33-37-50(38-34-48)66-40-28-24-20-16-12-8-6-10-14-18-22-26-30-42-68-56(62)46(3)4/h31-38,43-44H,1,3,5-30,39-42H2,2,4H3. The molecule has 0 N–H and O–H groups in total. The van der Waals surface area contributed by atoms with Crippen molar-refractivity contribution in [2.24, 2.45) is 0 Å². The fourth-order valence-corrected chi connectivity index (χ4v) is 7.61. The van der Waals surface area contributed by atoms with Crippen molar-refractivity contribution in [3.63, 3.8) is 0 Å². The molecule has 3 rings (SSSR count). The zero-order chi connectivity index (χ0) is 50.6. The Morgan fingerprint density at radius 3 is 0.886 bits per heavy atom. The number of ether oxygens (including phenoxy) is 6. The number of halogens is 2. The molecule has 0 aliphatic heterocycles. The quantitative estimate of drug-likeness (QED) is 0.0235. The number of unbranched alkanes of at least 4 members (excludes halogenated alkanes) is 24. The van der Waals surface area contributed by atoms with E-state index in [1.165, 1.54) is 127 Å². The van der Waals surface area contributed by atoms with Gasteiger partial charge in [-0.25, -0.2) is 28.0 Å². The molecule has 0 aliphatic carbocycles. The van der Waals surface area contributed by atoms with Crippen LogP contribution in [-0.4, -0.2) is 50.3 Å². The van der Waals surface area contributed by atoms with Crippen molar-refractivity contribution in [3.8, 4) is 23.0 Å². The van der Waals surface area contributed by atoms with E-state index in [-0.39, 0.29) is 23.1 Å². The number of esters is 4. The van der Waals surface area contributed by atoms with Gasteiger partial charge in [0.15, 0.2) is 23.1 Å². The first-order chi connectivity index (χ1) is 33.9. The molecule has 0 saturated heterocycles. The molecular weight excluding hydrogens is 895 g/mol. The lowest BCUT2D eigenvalue weighted by atomic mass is 10.0. The molecular formula is C58H80F2O10. The molecule has 0 heterocycles. The maximum atomic E-state index is 15.0. The Kier molecular flexibility index (Phi) is 30.6. The molecule has 0 saturated carbocycles. The summed E-state index contributed by atoms with van der Waals surface area (Å²) in [5.74, 6) is -4.62. The average Bonchev–Trinajstić information content (AvgIpc) is 3.35. The smallest absolute Gasteiger partial charge is 0.343 e. The molecule has 0 fully saturated rings. The fourth-order valence-electron chi connectivity index (χ4n) is 7.61. The molecule has 0 spiro atoms. The van der Waals surface area contributed by atoms with Gasteiger partial charge in [-0.15, -0.1) is 0 Å². The highest BCUT2D eigenvalue weighted by Crippen LogP contribution is 2.29. The van der Waals surface area contributed by atoms with Crippen LogP contribution in [0.1, 0.15) is 202 Å². The van der Waals surface area contributed by atoms with Gasteiger partial charge >= 0.3 is 23.9 Å². The number of hydrogen-bond donors (Lipinski definition) is 0. The molecule has 0 radical (unpaired) electrons. The van der Waals surface area contributed by atoms with Gasteiger partial charge in [-0.3, -0.25) is 0 Å². The van der Waals surface area contributed by atoms with Gasteiger partial charge in [-0.05, 0) is 88.1 Å². The van der Waals surface area contributed by atoms with Gasteiger partial charge < -0.3 is 28.4 Å². The van der Waals surface area contributed by atoms with Crippen LogP contribution in [0.3, 0.4) is 0 Å². The van der Waals surface area contributed by atoms with Gasteiger partial charge in [0, 0.05) is 23.3 Å². The van der Waals surface area contributed by atoms with Gasteiger partial charge in [0.2, 0.25) is 0 Å². The van der Waals surface area contributed by atoms with Gasteiger partial charge in [-0.1, -0.05) is 154 Å². The molecule has 386 valence electrons. The van der Waals surface area contributed by atoms with Crippen molar-refractivity contribution in [3.05, 3.63) is 108 Å². The lowest BCUT2D eigenvalue weighted by Gasteiger charge is -2.11. The van der Waals surface area contributed by atoms with E-state index in [9.17, 15) is 28.0 Å². The summed E-state index contributed by atoms with van der Waals surface area (Å²) in [6.45, 7) is 12.5. The predicted octanol–water partition coefficient (Wildman–Crippen LogP) is 15.5. The Balaban J connectivity index is 1.19. The van der Waals surface area contributed by atoms with Crippen LogP contribution in [0, 0.1) is 11.6 Å². The molecule has 3 aromatic rings. The molecule has 10 nitrogen and oxygen atoms in total. The lowest BCUT2D eigenvalue weighted by molar-refractivity contribution is -0.139. The van der Waals surface area contributed by atoms with E-state index >= 15 is 0 Å². The number of rotatable bonds is 40. The molecule has 12 heteroatoms. The van der Waals surface area contributed by atoms with E-state index in [2.05, 4.69) is 13.2 Å². The second-order valence-corrected chi connectivity index (χ2v) is 18.3. The van der Waals surface area contributed by atoms with Crippen molar-refractivity contribution in [1.82, 2.24) is 0 Å². The molecule has 3 aromatic carbocycles. The van der Waals surface area contributed by atoms with Crippen LogP contribution in [0.5, 0.6) is 23.0 Å². The highest BCUT2D eigenvalue weighted by molar-refractivity contribution is 5.92. The van der Waals surface area contributed by atoms with Crippen LogP contribution < -0.4 is 18.9 Å². The second-order valence-electron chi connectivity index (χ2n) is 18.3. The Morgan fingerprint density at radius 1 is 0.386 bits per heavy atom. The monoisotopic (exact) mass is 975 g/mol. The molecule has 0 bridgehead atoms. The molecule has 0 unspecified atom stereocenters. The largest absolute Gasteiger partial charge is 0.494 e. The topological polar surface area (TPSA) is 124 Å². The van der Waals surface area contributed by atoms with Crippen molar-refractivity contribution < 1.29 is 56.4 Å². The SMILES string of the molecule is C=C(C)C(=O)OCCCCCCCCCCCCCCCOc1ccc(C(=O)Oc2cc(F)c(OC(=O)c3ccc(OCCCCCCCCCCCCCCCOC(=O)C(=C)C)cc3)cc2F)cc1. The molecule has 0 atom stereocenters. The summed E-state index contributed by atoms with van der Waals surface area (Å²) in [4.78, 5) is 48.3. The van der Waals surface area contributed by atoms with Crippen LogP contribution >= 0.6 is 0 Å². The summed E-state index contributed by atoms with van der Waals surface area (Å²) in [5, 5.41) is 0. The van der Waals surface area contributed by atoms with Crippen LogP contribution in [0.4, 0.5) is 8.78 Å². The third kappa shape index (κ3) is 26.5. The summed E-state index contributed by atoms with van der Waals surface area (Å²) < 4.78 is 62.1. The first kappa shape index (κ1) is 58.8. The summed E-state index contributed by atoms with van der Waals surface area (Å²) in [6.07, 6.45) is 30.0. The van der Waals surface area contributed by atoms with Crippen LogP contribution in [0.15, 0.2) is 85.0 Å². The Hall–Kier alpha value is -5.52. The third-order valence-corrected chi connectivity index (χ3v) is 11.8. The maximum Gasteiger partial charge on any atom is 0.343 e. The van der Waals surface area contributed by atoms with E-state index in [0.29, 0.717) is 61.2 Å². The van der Waals surface area contributed by atoms with Crippen LogP contribution in [0.2, 0.25) is 0 Å². The summed E-state index contributed by atoms with van der Waals surface area (Å²) in [5.41, 5.74) is 1.15. The minimum Gasteiger partial charge on any atom is -0.494 e. The molecule has 70 heavy (non-hydrogen) atoms. The average molecular weight is 975 g/mol. The van der Waals surface area contributed by atoms with E-state index in [4.69, 9.17) is 28.4 Å². The highest BCUT2D eigenvalue weighted by Gasteiger charge is 2.19. The van der Waals surface area contributed by atoms with Gasteiger partial charge in [0.1, 0.15) is 11.5 Å². The first-order valence-electron chi connectivity index (χ1n) is 26.0. The maximum absolute atomic E-state index is 15.0. The van der Waals surface area contributed by atoms with Crippen molar-refractivity contribution in [2.75, 3.05) is 26.4 Å². The van der Waals surface area contributed by atoms with Crippen molar-refractivity contribution >= 4 is 23.9 Å². The highest BCUT2D eigenvalue weighted by atomic mass is 19.1. The Morgan fingerprint density at radius 2 is 0.629 bits per heavy atom. The number of hydrogen-bond acceptors (Lipinski definition) is 10. The first-order valence-corrected chi connectivity index (χ1v) is 26.0. The number of carbonyl (C=O) groups excluding carboxylic acids is 4. The fraction of sp³-hybridized carbons (Fsp3) is 0.552. The molecule has 0 aliphatic rings. The van der Waals surface area contributed by atoms with E-state index in [0.717, 1.165) is 64.2 Å². The minimum atomic E-state index is -1.07. The Bertz CT molecular complexity index is 1850. The third-order valence-electron chi connectivity index (χ3n) is 11.8. The van der Waals surface area contributed by atoms with Gasteiger partial charge in [0.25, 0.3) is 0 Å². The zero-order valence-corrected chi connectivity index (χ0v) is 42.2. The summed E-state index contributed by atoms with van der Waals surface area (Å²) >= 11 is 0.